The second-order valence-electron chi connectivity index (χ2n) is 5.64. The van der Waals surface area contributed by atoms with Crippen LogP contribution in [0.3, 0.4) is 0 Å². The van der Waals surface area contributed by atoms with Crippen LogP contribution >= 0.6 is 0 Å². The minimum Gasteiger partial charge on any atom is -0.353 e. The molecule has 0 aliphatic rings. The highest BCUT2D eigenvalue weighted by Crippen LogP contribution is 2.26. The van der Waals surface area contributed by atoms with Crippen LogP contribution in [0, 0.1) is 6.92 Å². The van der Waals surface area contributed by atoms with Gasteiger partial charge in [-0.3, -0.25) is 4.79 Å². The van der Waals surface area contributed by atoms with E-state index in [4.69, 9.17) is 0 Å². The third-order valence-corrected chi connectivity index (χ3v) is 4.22. The number of aromatic nitrogens is 2. The van der Waals surface area contributed by atoms with Crippen molar-refractivity contribution in [1.82, 2.24) is 9.55 Å². The molecule has 0 spiro atoms. The zero-order valence-corrected chi connectivity index (χ0v) is 12.3. The van der Waals surface area contributed by atoms with Crippen molar-refractivity contribution in [2.45, 2.75) is 13.5 Å². The van der Waals surface area contributed by atoms with Crippen LogP contribution in [0.2, 0.25) is 0 Å². The number of aryl methyl sites for hydroxylation is 1. The van der Waals surface area contributed by atoms with E-state index in [-0.39, 0.29) is 5.43 Å². The Bertz CT molecular complexity index is 1030. The maximum atomic E-state index is 11.5. The number of hydrogen-bond acceptors (Lipinski definition) is 1. The highest BCUT2D eigenvalue weighted by atomic mass is 16.1. The smallest absolute Gasteiger partial charge is 0.180 e. The van der Waals surface area contributed by atoms with Crippen molar-refractivity contribution < 1.29 is 0 Å². The molecule has 0 unspecified atom stereocenters. The van der Waals surface area contributed by atoms with Gasteiger partial charge in [-0.2, -0.15) is 0 Å². The predicted molar refractivity (Wildman–Crippen MR) is 90.3 cm³/mol. The van der Waals surface area contributed by atoms with E-state index >= 15 is 0 Å². The lowest BCUT2D eigenvalue weighted by Crippen LogP contribution is -2.04. The predicted octanol–water partition coefficient (Wildman–Crippen LogP) is 3.84. The van der Waals surface area contributed by atoms with Gasteiger partial charge in [-0.15, -0.1) is 0 Å². The lowest BCUT2D eigenvalue weighted by molar-refractivity contribution is 0.766. The molecule has 0 saturated heterocycles. The van der Waals surface area contributed by atoms with Gasteiger partial charge in [0.2, 0.25) is 0 Å². The van der Waals surface area contributed by atoms with Crippen LogP contribution in [-0.4, -0.2) is 9.55 Å². The monoisotopic (exact) mass is 288 g/mol. The van der Waals surface area contributed by atoms with Crippen LogP contribution in [-0.2, 0) is 6.54 Å². The van der Waals surface area contributed by atoms with E-state index in [1.165, 1.54) is 11.3 Å². The topological polar surface area (TPSA) is 37.8 Å². The molecule has 1 N–H and O–H groups in total. The number of rotatable bonds is 2. The average Bonchev–Trinajstić information content (AvgIpc) is 2.89. The van der Waals surface area contributed by atoms with Crippen LogP contribution in [0.4, 0.5) is 0 Å². The van der Waals surface area contributed by atoms with Crippen LogP contribution in [0.25, 0.3) is 21.8 Å². The molecule has 4 rings (SSSR count). The first kappa shape index (κ1) is 12.9. The van der Waals surface area contributed by atoms with Gasteiger partial charge >= 0.3 is 0 Å². The Hall–Kier alpha value is -2.81. The average molecular weight is 288 g/mol. The molecule has 0 radical (unpaired) electrons. The number of fused-ring (bicyclic) bond motifs is 3. The first-order valence-electron chi connectivity index (χ1n) is 7.38. The highest BCUT2D eigenvalue weighted by molar-refractivity contribution is 6.07. The Kier molecular flexibility index (Phi) is 2.86. The largest absolute Gasteiger partial charge is 0.353 e. The van der Waals surface area contributed by atoms with Crippen molar-refractivity contribution in [3.63, 3.8) is 0 Å². The minimum absolute atomic E-state index is 0.0360. The van der Waals surface area contributed by atoms with E-state index < -0.39 is 0 Å². The van der Waals surface area contributed by atoms with E-state index in [2.05, 4.69) is 53.0 Å². The third-order valence-electron chi connectivity index (χ3n) is 4.22. The van der Waals surface area contributed by atoms with E-state index in [1.54, 1.807) is 12.1 Å². The van der Waals surface area contributed by atoms with Crippen molar-refractivity contribution in [3.8, 4) is 0 Å². The first-order valence-corrected chi connectivity index (χ1v) is 7.38. The number of nitrogens with zero attached hydrogens (tertiary/aromatic N) is 1. The summed E-state index contributed by atoms with van der Waals surface area (Å²) in [7, 11) is 0. The van der Waals surface area contributed by atoms with Crippen molar-refractivity contribution in [2.24, 2.45) is 0 Å². The maximum absolute atomic E-state index is 11.5. The molecule has 4 aromatic rings. The number of nitrogens with one attached hydrogen (secondary N) is 1. The van der Waals surface area contributed by atoms with Gasteiger partial charge in [0.1, 0.15) is 0 Å². The van der Waals surface area contributed by atoms with Crippen molar-refractivity contribution in [3.05, 3.63) is 82.3 Å². The number of benzene rings is 2. The highest BCUT2D eigenvalue weighted by Gasteiger charge is 2.09. The fourth-order valence-corrected chi connectivity index (χ4v) is 3.03. The van der Waals surface area contributed by atoms with Crippen molar-refractivity contribution in [2.75, 3.05) is 0 Å². The van der Waals surface area contributed by atoms with Crippen LogP contribution in [0.5, 0.6) is 0 Å². The summed E-state index contributed by atoms with van der Waals surface area (Å²) in [5.41, 5.74) is 4.48. The summed E-state index contributed by atoms with van der Waals surface area (Å²) < 4.78 is 2.23. The second-order valence-corrected chi connectivity index (χ2v) is 5.64. The zero-order chi connectivity index (χ0) is 15.1. The fourth-order valence-electron chi connectivity index (χ4n) is 3.03. The zero-order valence-electron chi connectivity index (χ0n) is 12.3. The third kappa shape index (κ3) is 2.02. The summed E-state index contributed by atoms with van der Waals surface area (Å²) in [6.45, 7) is 2.95. The normalized spacial score (nSPS) is 11.3. The van der Waals surface area contributed by atoms with Crippen LogP contribution in [0.15, 0.2) is 65.6 Å². The molecule has 0 aliphatic heterocycles. The Labute approximate surface area is 127 Å². The molecule has 0 saturated carbocycles. The van der Waals surface area contributed by atoms with E-state index in [1.807, 2.05) is 12.1 Å². The summed E-state index contributed by atoms with van der Waals surface area (Å²) in [5.74, 6) is 0. The lowest BCUT2D eigenvalue weighted by atomic mass is 10.1. The molecule has 2 aromatic carbocycles. The fraction of sp³-hybridized carbons (Fsp3) is 0.105. The summed E-state index contributed by atoms with van der Waals surface area (Å²) >= 11 is 0. The molecule has 22 heavy (non-hydrogen) atoms. The molecule has 3 nitrogen and oxygen atoms in total. The summed E-state index contributed by atoms with van der Waals surface area (Å²) in [6, 6.07) is 17.7. The minimum atomic E-state index is 0.0360. The van der Waals surface area contributed by atoms with Gasteiger partial charge in [-0.1, -0.05) is 30.3 Å². The molecular formula is C19H16N2O. The van der Waals surface area contributed by atoms with Gasteiger partial charge in [0.05, 0.1) is 11.0 Å². The number of pyridine rings is 1. The summed E-state index contributed by atoms with van der Waals surface area (Å²) in [4.78, 5) is 14.9. The first-order chi connectivity index (χ1) is 10.7. The summed E-state index contributed by atoms with van der Waals surface area (Å²) in [5, 5.41) is 2.27. The molecule has 2 aromatic heterocycles. The Morgan fingerprint density at radius 2 is 1.82 bits per heavy atom. The lowest BCUT2D eigenvalue weighted by Gasteiger charge is -2.12. The van der Waals surface area contributed by atoms with E-state index in [0.717, 1.165) is 28.4 Å². The quantitative estimate of drug-likeness (QED) is 0.598. The number of hydrogen-bond donors (Lipinski definition) is 1. The Morgan fingerprint density at radius 3 is 2.64 bits per heavy atom. The van der Waals surface area contributed by atoms with Gasteiger partial charge in [0, 0.05) is 35.3 Å². The van der Waals surface area contributed by atoms with Gasteiger partial charge in [-0.05, 0) is 30.7 Å². The Balaban J connectivity index is 1.90. The van der Waals surface area contributed by atoms with Gasteiger partial charge < -0.3 is 9.55 Å². The summed E-state index contributed by atoms with van der Waals surface area (Å²) in [6.07, 6.45) is 2.11. The van der Waals surface area contributed by atoms with Gasteiger partial charge in [0.25, 0.3) is 0 Å². The SMILES string of the molecule is Cc1c2[nH]c3cc(=O)ccc3c2ccn1Cc1ccccc1. The van der Waals surface area contributed by atoms with E-state index in [0.29, 0.717) is 0 Å². The van der Waals surface area contributed by atoms with Crippen LogP contribution in [0.1, 0.15) is 11.3 Å². The van der Waals surface area contributed by atoms with Crippen LogP contribution < -0.4 is 5.43 Å². The standard InChI is InChI=1S/C19H16N2O/c1-13-19-17(16-8-7-15(22)11-18(16)20-19)9-10-21(13)12-14-5-3-2-4-6-14/h2-11,20H,12H2,1H3. The molecule has 108 valence electrons. The molecule has 0 amide bonds. The molecule has 0 bridgehead atoms. The van der Waals surface area contributed by atoms with Crippen molar-refractivity contribution >= 4 is 21.8 Å². The van der Waals surface area contributed by atoms with E-state index in [9.17, 15) is 4.79 Å². The molecule has 0 fully saturated rings. The molecule has 3 heteroatoms. The molecule has 2 heterocycles. The number of aromatic amines is 1. The Morgan fingerprint density at radius 1 is 1.00 bits per heavy atom. The van der Waals surface area contributed by atoms with Gasteiger partial charge in [0.15, 0.2) is 5.43 Å². The maximum Gasteiger partial charge on any atom is 0.180 e. The molecular weight excluding hydrogens is 272 g/mol. The van der Waals surface area contributed by atoms with Gasteiger partial charge in [-0.25, -0.2) is 0 Å². The van der Waals surface area contributed by atoms with Crippen molar-refractivity contribution in [1.29, 1.82) is 0 Å². The molecule has 0 atom stereocenters. The molecule has 0 aliphatic carbocycles. The number of H-pyrrole nitrogens is 1. The second kappa shape index (κ2) is 4.88.